The SMILES string of the molecule is CC(=O)C1CC(C=O)CN1C(=O)OC(C)(C)C. The van der Waals surface area contributed by atoms with Gasteiger partial charge in [0.1, 0.15) is 11.9 Å². The van der Waals surface area contributed by atoms with Crippen molar-refractivity contribution < 1.29 is 19.1 Å². The Balaban J connectivity index is 2.77. The van der Waals surface area contributed by atoms with Crippen molar-refractivity contribution in [2.45, 2.75) is 45.8 Å². The average Bonchev–Trinajstić information content (AvgIpc) is 2.58. The molecule has 0 aliphatic carbocycles. The average molecular weight is 241 g/mol. The van der Waals surface area contributed by atoms with Crippen molar-refractivity contribution in [1.29, 1.82) is 0 Å². The van der Waals surface area contributed by atoms with Crippen molar-refractivity contribution in [3.8, 4) is 0 Å². The van der Waals surface area contributed by atoms with Gasteiger partial charge in [0.2, 0.25) is 0 Å². The molecule has 17 heavy (non-hydrogen) atoms. The molecule has 0 N–H and O–H groups in total. The van der Waals surface area contributed by atoms with Crippen molar-refractivity contribution in [3.63, 3.8) is 0 Å². The fourth-order valence-corrected chi connectivity index (χ4v) is 1.87. The molecule has 1 saturated heterocycles. The Morgan fingerprint density at radius 3 is 2.35 bits per heavy atom. The van der Waals surface area contributed by atoms with E-state index in [1.165, 1.54) is 11.8 Å². The molecule has 5 nitrogen and oxygen atoms in total. The van der Waals surface area contributed by atoms with Gasteiger partial charge in [-0.25, -0.2) is 4.79 Å². The van der Waals surface area contributed by atoms with Crippen LogP contribution in [0, 0.1) is 5.92 Å². The van der Waals surface area contributed by atoms with Crippen LogP contribution in [0.3, 0.4) is 0 Å². The van der Waals surface area contributed by atoms with Crippen LogP contribution in [0.25, 0.3) is 0 Å². The summed E-state index contributed by atoms with van der Waals surface area (Å²) >= 11 is 0. The first-order chi connectivity index (χ1) is 7.74. The molecule has 1 aliphatic rings. The van der Waals surface area contributed by atoms with E-state index in [0.29, 0.717) is 6.42 Å². The second-order valence-corrected chi connectivity index (χ2v) is 5.39. The van der Waals surface area contributed by atoms with Gasteiger partial charge in [0.25, 0.3) is 0 Å². The second kappa shape index (κ2) is 4.85. The zero-order valence-corrected chi connectivity index (χ0v) is 10.7. The minimum atomic E-state index is -0.600. The molecule has 1 fully saturated rings. The highest BCUT2D eigenvalue weighted by atomic mass is 16.6. The molecule has 0 saturated carbocycles. The van der Waals surface area contributed by atoms with Crippen molar-refractivity contribution in [2.75, 3.05) is 6.54 Å². The van der Waals surface area contributed by atoms with E-state index in [1.807, 2.05) is 0 Å². The summed E-state index contributed by atoms with van der Waals surface area (Å²) in [6.45, 7) is 6.99. The summed E-state index contributed by atoms with van der Waals surface area (Å²) in [5.74, 6) is -0.378. The Morgan fingerprint density at radius 2 is 1.94 bits per heavy atom. The number of amides is 1. The van der Waals surface area contributed by atoms with Gasteiger partial charge in [0.15, 0.2) is 5.78 Å². The molecule has 96 valence electrons. The summed E-state index contributed by atoms with van der Waals surface area (Å²) in [7, 11) is 0. The molecule has 1 rings (SSSR count). The van der Waals surface area contributed by atoms with Gasteiger partial charge in [0, 0.05) is 12.5 Å². The lowest BCUT2D eigenvalue weighted by molar-refractivity contribution is -0.121. The maximum Gasteiger partial charge on any atom is 0.410 e. The first-order valence-corrected chi connectivity index (χ1v) is 5.70. The Morgan fingerprint density at radius 1 is 1.35 bits per heavy atom. The van der Waals surface area contributed by atoms with E-state index in [2.05, 4.69) is 0 Å². The summed E-state index contributed by atoms with van der Waals surface area (Å²) < 4.78 is 5.21. The molecule has 2 unspecified atom stereocenters. The highest BCUT2D eigenvalue weighted by Crippen LogP contribution is 2.24. The molecule has 0 aromatic rings. The minimum absolute atomic E-state index is 0.111. The van der Waals surface area contributed by atoms with E-state index < -0.39 is 17.7 Å². The van der Waals surface area contributed by atoms with E-state index >= 15 is 0 Å². The fourth-order valence-electron chi connectivity index (χ4n) is 1.87. The van der Waals surface area contributed by atoms with Gasteiger partial charge in [-0.3, -0.25) is 9.69 Å². The van der Waals surface area contributed by atoms with Crippen LogP contribution in [0.1, 0.15) is 34.1 Å². The van der Waals surface area contributed by atoms with E-state index in [-0.39, 0.29) is 18.2 Å². The lowest BCUT2D eigenvalue weighted by Gasteiger charge is -2.27. The number of ether oxygens (including phenoxy) is 1. The first kappa shape index (κ1) is 13.7. The largest absolute Gasteiger partial charge is 0.444 e. The Labute approximate surface area is 101 Å². The molecular weight excluding hydrogens is 222 g/mol. The number of hydrogen-bond acceptors (Lipinski definition) is 4. The van der Waals surface area contributed by atoms with Gasteiger partial charge >= 0.3 is 6.09 Å². The quantitative estimate of drug-likeness (QED) is 0.685. The summed E-state index contributed by atoms with van der Waals surface area (Å²) in [5.41, 5.74) is -0.600. The monoisotopic (exact) mass is 241 g/mol. The van der Waals surface area contributed by atoms with Crippen LogP contribution in [0.2, 0.25) is 0 Å². The standard InChI is InChI=1S/C12H19NO4/c1-8(15)10-5-9(7-14)6-13(10)11(16)17-12(2,3)4/h7,9-10H,5-6H2,1-4H3. The van der Waals surface area contributed by atoms with Crippen LogP contribution in [0.15, 0.2) is 0 Å². The molecule has 1 aliphatic heterocycles. The lowest BCUT2D eigenvalue weighted by Crippen LogP contribution is -2.42. The number of likely N-dealkylation sites (tertiary alicyclic amines) is 1. The van der Waals surface area contributed by atoms with Gasteiger partial charge in [0.05, 0.1) is 6.04 Å². The molecule has 0 bridgehead atoms. The summed E-state index contributed by atoms with van der Waals surface area (Å²) in [5, 5.41) is 0. The molecule has 0 radical (unpaired) electrons. The molecule has 1 amide bonds. The van der Waals surface area contributed by atoms with Crippen molar-refractivity contribution in [3.05, 3.63) is 0 Å². The van der Waals surface area contributed by atoms with Gasteiger partial charge < -0.3 is 9.53 Å². The van der Waals surface area contributed by atoms with Crippen LogP contribution in [-0.4, -0.2) is 41.3 Å². The lowest BCUT2D eigenvalue weighted by atomic mass is 10.1. The minimum Gasteiger partial charge on any atom is -0.444 e. The summed E-state index contributed by atoms with van der Waals surface area (Å²) in [4.78, 5) is 35.4. The topological polar surface area (TPSA) is 63.7 Å². The van der Waals surface area contributed by atoms with Gasteiger partial charge in [-0.1, -0.05) is 0 Å². The number of Topliss-reactive ketones (excluding diaryl/α,β-unsaturated/α-hetero) is 1. The number of ketones is 1. The second-order valence-electron chi connectivity index (χ2n) is 5.39. The maximum absolute atomic E-state index is 11.9. The third kappa shape index (κ3) is 3.54. The van der Waals surface area contributed by atoms with Crippen LogP contribution < -0.4 is 0 Å². The van der Waals surface area contributed by atoms with E-state index in [0.717, 1.165) is 6.29 Å². The van der Waals surface area contributed by atoms with Crippen LogP contribution in [0.4, 0.5) is 4.79 Å². The number of rotatable bonds is 2. The molecule has 5 heteroatoms. The summed E-state index contributed by atoms with van der Waals surface area (Å²) in [6, 6.07) is -0.528. The number of carbonyl (C=O) groups excluding carboxylic acids is 3. The van der Waals surface area contributed by atoms with Crippen LogP contribution >= 0.6 is 0 Å². The highest BCUT2D eigenvalue weighted by Gasteiger charge is 2.39. The van der Waals surface area contributed by atoms with E-state index in [9.17, 15) is 14.4 Å². The maximum atomic E-state index is 11.9. The van der Waals surface area contributed by atoms with Crippen molar-refractivity contribution >= 4 is 18.2 Å². The smallest absolute Gasteiger partial charge is 0.410 e. The van der Waals surface area contributed by atoms with Gasteiger partial charge in [-0.05, 0) is 34.1 Å². The normalized spacial score (nSPS) is 24.6. The Bertz CT molecular complexity index is 332. The third-order valence-electron chi connectivity index (χ3n) is 2.62. The fraction of sp³-hybridized carbons (Fsp3) is 0.750. The van der Waals surface area contributed by atoms with Crippen LogP contribution in [-0.2, 0) is 14.3 Å². The van der Waals surface area contributed by atoms with Crippen molar-refractivity contribution in [1.82, 2.24) is 4.90 Å². The number of aldehydes is 1. The van der Waals surface area contributed by atoms with Gasteiger partial charge in [-0.15, -0.1) is 0 Å². The predicted octanol–water partition coefficient (Wildman–Crippen LogP) is 1.40. The molecule has 1 heterocycles. The van der Waals surface area contributed by atoms with E-state index in [4.69, 9.17) is 4.74 Å². The molecule has 2 atom stereocenters. The third-order valence-corrected chi connectivity index (χ3v) is 2.62. The molecule has 0 aromatic carbocycles. The van der Waals surface area contributed by atoms with Crippen LogP contribution in [0.5, 0.6) is 0 Å². The Kier molecular flexibility index (Phi) is 3.91. The number of hydrogen-bond donors (Lipinski definition) is 0. The molecular formula is C12H19NO4. The van der Waals surface area contributed by atoms with E-state index in [1.54, 1.807) is 20.8 Å². The zero-order valence-electron chi connectivity index (χ0n) is 10.7. The molecule has 0 aromatic heterocycles. The zero-order chi connectivity index (χ0) is 13.2. The highest BCUT2D eigenvalue weighted by molar-refractivity contribution is 5.87. The van der Waals surface area contributed by atoms with Crippen molar-refractivity contribution in [2.24, 2.45) is 5.92 Å². The number of nitrogens with zero attached hydrogens (tertiary/aromatic N) is 1. The Hall–Kier alpha value is -1.39. The number of carbonyl (C=O) groups is 3. The first-order valence-electron chi connectivity index (χ1n) is 5.70. The summed E-state index contributed by atoms with van der Waals surface area (Å²) in [6.07, 6.45) is 0.667. The van der Waals surface area contributed by atoms with Gasteiger partial charge in [-0.2, -0.15) is 0 Å². The molecule has 0 spiro atoms. The predicted molar refractivity (Wildman–Crippen MR) is 61.6 cm³/mol.